The molecule has 0 aliphatic carbocycles. The Bertz CT molecular complexity index is 1540. The number of nitrogens with zero attached hydrogens (tertiary/aromatic N) is 5. The summed E-state index contributed by atoms with van der Waals surface area (Å²) in [7, 11) is 3.99. The second kappa shape index (κ2) is 15.4. The zero-order valence-corrected chi connectivity index (χ0v) is 26.0. The molecular formula is C35H32IrN5. The molecular weight excluding hydrogens is 683 g/mol. The molecule has 6 aromatic rings. The van der Waals surface area contributed by atoms with Crippen LogP contribution < -0.4 is 0 Å². The second-order valence-electron chi connectivity index (χ2n) is 9.18. The summed E-state index contributed by atoms with van der Waals surface area (Å²) in [4.78, 5) is 13.1. The number of benzene rings is 3. The van der Waals surface area contributed by atoms with Crippen LogP contribution in [0.5, 0.6) is 0 Å². The van der Waals surface area contributed by atoms with Gasteiger partial charge >= 0.3 is 20.1 Å². The van der Waals surface area contributed by atoms with Crippen LogP contribution >= 0.6 is 0 Å². The molecule has 0 N–H and O–H groups in total. The molecule has 6 heteroatoms. The Morgan fingerprint density at radius 1 is 0.707 bits per heavy atom. The van der Waals surface area contributed by atoms with Crippen molar-refractivity contribution in [3.8, 4) is 34.0 Å². The Morgan fingerprint density at radius 2 is 1.29 bits per heavy atom. The molecule has 0 saturated carbocycles. The van der Waals surface area contributed by atoms with E-state index in [4.69, 9.17) is 6.58 Å². The number of aryl methyl sites for hydroxylation is 4. The first-order chi connectivity index (χ1) is 19.5. The third-order valence-corrected chi connectivity index (χ3v) is 6.20. The number of hydrogen-bond donors (Lipinski definition) is 0. The molecule has 0 saturated heterocycles. The van der Waals surface area contributed by atoms with Crippen LogP contribution in [0.15, 0.2) is 110 Å². The Kier molecular flexibility index (Phi) is 11.7. The first-order valence-corrected chi connectivity index (χ1v) is 12.9. The molecule has 0 bridgehead atoms. The maximum absolute atomic E-state index is 5.22. The van der Waals surface area contributed by atoms with Gasteiger partial charge in [-0.2, -0.15) is 5.56 Å². The summed E-state index contributed by atoms with van der Waals surface area (Å²) < 4.78 is 4.02. The number of pyridine rings is 1. The van der Waals surface area contributed by atoms with Crippen molar-refractivity contribution < 1.29 is 20.1 Å². The second-order valence-corrected chi connectivity index (χ2v) is 9.18. The van der Waals surface area contributed by atoms with E-state index >= 15 is 0 Å². The van der Waals surface area contributed by atoms with Gasteiger partial charge in [0.1, 0.15) is 0 Å². The first kappa shape index (κ1) is 31.2. The van der Waals surface area contributed by atoms with Crippen LogP contribution in [0, 0.1) is 32.6 Å². The maximum atomic E-state index is 5.22. The van der Waals surface area contributed by atoms with Crippen molar-refractivity contribution in [3.05, 3.63) is 145 Å². The van der Waals surface area contributed by atoms with E-state index in [1.54, 1.807) is 12.3 Å². The zero-order chi connectivity index (χ0) is 28.3. The normalized spacial score (nSPS) is 9.85. The molecule has 0 spiro atoms. The molecule has 0 radical (unpaired) electrons. The van der Waals surface area contributed by atoms with Crippen molar-refractivity contribution in [2.75, 3.05) is 0 Å². The molecule has 0 atom stereocenters. The Morgan fingerprint density at radius 3 is 1.73 bits per heavy atom. The van der Waals surface area contributed by atoms with E-state index in [0.29, 0.717) is 0 Å². The Hall–Kier alpha value is -4.38. The summed E-state index contributed by atoms with van der Waals surface area (Å²) in [5.41, 5.74) is 7.48. The predicted octanol–water partition coefficient (Wildman–Crippen LogP) is 7.58. The minimum Gasteiger partial charge on any atom is -0.365 e. The third-order valence-electron chi connectivity index (χ3n) is 6.20. The van der Waals surface area contributed by atoms with Crippen LogP contribution in [0.1, 0.15) is 16.7 Å². The van der Waals surface area contributed by atoms with Gasteiger partial charge in [-0.3, -0.25) is 16.5 Å². The van der Waals surface area contributed by atoms with Crippen LogP contribution in [0.3, 0.4) is 0 Å². The van der Waals surface area contributed by atoms with Gasteiger partial charge in [-0.05, 0) is 11.8 Å². The Labute approximate surface area is 256 Å². The van der Waals surface area contributed by atoms with Crippen LogP contribution in [-0.4, -0.2) is 24.1 Å². The van der Waals surface area contributed by atoms with E-state index in [2.05, 4.69) is 47.0 Å². The SMILES string of the molecule is Cc1cc(C)c(-c2nccn2C)[c-]c1-c1nccn1C.[CH-]=Cc1ccccc1.[Ir+3].[c-]1ccccc1-c1ccccn1. The van der Waals surface area contributed by atoms with Crippen LogP contribution in [0.25, 0.3) is 40.1 Å². The quantitative estimate of drug-likeness (QED) is 0.177. The number of rotatable bonds is 4. The molecule has 3 aromatic heterocycles. The fourth-order valence-electron chi connectivity index (χ4n) is 4.11. The fraction of sp³-hybridized carbons (Fsp3) is 0.114. The summed E-state index contributed by atoms with van der Waals surface area (Å²) in [5.74, 6) is 1.86. The first-order valence-electron chi connectivity index (χ1n) is 12.9. The molecule has 0 fully saturated rings. The van der Waals surface area contributed by atoms with Gasteiger partial charge in [0.15, 0.2) is 0 Å². The summed E-state index contributed by atoms with van der Waals surface area (Å²) >= 11 is 0. The molecule has 6 rings (SSSR count). The average molecular weight is 715 g/mol. The molecule has 0 unspecified atom stereocenters. The molecule has 0 aliphatic rings. The van der Waals surface area contributed by atoms with E-state index in [1.807, 2.05) is 121 Å². The number of imidazole rings is 2. The van der Waals surface area contributed by atoms with E-state index in [9.17, 15) is 0 Å². The summed E-state index contributed by atoms with van der Waals surface area (Å²) in [6.07, 6.45) is 10.9. The van der Waals surface area contributed by atoms with Gasteiger partial charge in [0.2, 0.25) is 0 Å². The van der Waals surface area contributed by atoms with Crippen LogP contribution in [0.4, 0.5) is 0 Å². The van der Waals surface area contributed by atoms with Crippen molar-refractivity contribution >= 4 is 6.08 Å². The third kappa shape index (κ3) is 8.31. The average Bonchev–Trinajstić information content (AvgIpc) is 3.63. The van der Waals surface area contributed by atoms with Crippen LogP contribution in [-0.2, 0) is 34.2 Å². The van der Waals surface area contributed by atoms with Crippen molar-refractivity contribution in [2.45, 2.75) is 13.8 Å². The molecule has 0 amide bonds. The van der Waals surface area contributed by atoms with Crippen molar-refractivity contribution in [1.82, 2.24) is 24.1 Å². The number of hydrogen-bond acceptors (Lipinski definition) is 3. The summed E-state index contributed by atoms with van der Waals surface area (Å²) in [6.45, 7) is 9.41. The minimum absolute atomic E-state index is 0. The van der Waals surface area contributed by atoms with Crippen LogP contribution in [0.2, 0.25) is 0 Å². The smallest absolute Gasteiger partial charge is 0.365 e. The predicted molar refractivity (Wildman–Crippen MR) is 163 cm³/mol. The fourth-order valence-corrected chi connectivity index (χ4v) is 4.11. The summed E-state index contributed by atoms with van der Waals surface area (Å²) in [6, 6.07) is 32.3. The van der Waals surface area contributed by atoms with E-state index in [0.717, 1.165) is 39.6 Å². The number of aromatic nitrogens is 5. The molecule has 3 aromatic carbocycles. The van der Waals surface area contributed by atoms with Crippen molar-refractivity contribution in [2.24, 2.45) is 14.1 Å². The molecule has 5 nitrogen and oxygen atoms in total. The largest absolute Gasteiger partial charge is 3.00 e. The van der Waals surface area contributed by atoms with Crippen molar-refractivity contribution in [1.29, 1.82) is 0 Å². The van der Waals surface area contributed by atoms with Gasteiger partial charge in [0, 0.05) is 45.1 Å². The monoisotopic (exact) mass is 715 g/mol. The zero-order valence-electron chi connectivity index (χ0n) is 23.6. The van der Waals surface area contributed by atoms with Gasteiger partial charge < -0.3 is 14.1 Å². The van der Waals surface area contributed by atoms with Gasteiger partial charge in [-0.1, -0.05) is 55.3 Å². The molecule has 0 aliphatic heterocycles. The topological polar surface area (TPSA) is 48.5 Å². The van der Waals surface area contributed by atoms with E-state index < -0.39 is 0 Å². The van der Waals surface area contributed by atoms with Gasteiger partial charge in [-0.25, -0.2) is 6.08 Å². The molecule has 206 valence electrons. The summed E-state index contributed by atoms with van der Waals surface area (Å²) in [5, 5.41) is 0. The Balaban J connectivity index is 0.000000187. The minimum atomic E-state index is 0. The van der Waals surface area contributed by atoms with Crippen molar-refractivity contribution in [3.63, 3.8) is 0 Å². The standard InChI is InChI=1S/C16H17N4.C11H8N.C8H7.Ir/c1-11-9-12(2)14(16-18-6-8-20(16)4)10-13(11)15-17-5-7-19(15)3;1-2-6-10(7-3-1)11-8-4-5-9-12-11;1-2-8-6-4-3-5-7-8;/h5-9H,1-4H3;1-6,8-9H;1-7H;/q3*-1;+3. The molecule has 3 heterocycles. The maximum Gasteiger partial charge on any atom is 3.00 e. The van der Waals surface area contributed by atoms with Gasteiger partial charge in [0.05, 0.1) is 11.6 Å². The van der Waals surface area contributed by atoms with E-state index in [1.165, 1.54) is 11.1 Å². The van der Waals surface area contributed by atoms with Gasteiger partial charge in [-0.15, -0.1) is 71.3 Å². The van der Waals surface area contributed by atoms with E-state index in [-0.39, 0.29) is 20.1 Å². The van der Waals surface area contributed by atoms with Gasteiger partial charge in [0.25, 0.3) is 0 Å². The molecule has 41 heavy (non-hydrogen) atoms.